The third kappa shape index (κ3) is 5.68. The third-order valence-electron chi connectivity index (χ3n) is 2.73. The summed E-state index contributed by atoms with van der Waals surface area (Å²) in [5.74, 6) is -0.781. The van der Waals surface area contributed by atoms with Crippen LogP contribution in [0.5, 0.6) is 0 Å². The molecule has 6 heteroatoms. The summed E-state index contributed by atoms with van der Waals surface area (Å²) in [5.41, 5.74) is -0.846. The molecule has 0 aromatic heterocycles. The highest BCUT2D eigenvalue weighted by Gasteiger charge is 2.37. The molecule has 0 aliphatic carbocycles. The summed E-state index contributed by atoms with van der Waals surface area (Å²) >= 11 is 0. The molecular formula is C18H25NO5. The molecule has 6 nitrogen and oxygen atoms in total. The van der Waals surface area contributed by atoms with Crippen molar-refractivity contribution in [3.05, 3.63) is 35.4 Å². The van der Waals surface area contributed by atoms with Gasteiger partial charge in [-0.3, -0.25) is 4.79 Å². The molecule has 3 amide bonds. The summed E-state index contributed by atoms with van der Waals surface area (Å²) in [6.45, 7) is 11.6. The maximum Gasteiger partial charge on any atom is 0.427 e. The zero-order chi connectivity index (χ0) is 18.7. The third-order valence-corrected chi connectivity index (χ3v) is 2.73. The van der Waals surface area contributed by atoms with Gasteiger partial charge in [-0.15, -0.1) is 4.90 Å². The molecule has 0 aliphatic heterocycles. The van der Waals surface area contributed by atoms with Crippen LogP contribution in [-0.4, -0.2) is 34.2 Å². The number of rotatable bonds is 1. The summed E-state index contributed by atoms with van der Waals surface area (Å²) in [7, 11) is 0. The van der Waals surface area contributed by atoms with Crippen LogP contribution >= 0.6 is 0 Å². The van der Waals surface area contributed by atoms with Crippen LogP contribution in [0.2, 0.25) is 0 Å². The van der Waals surface area contributed by atoms with Crippen molar-refractivity contribution in [2.75, 3.05) is 0 Å². The van der Waals surface area contributed by atoms with E-state index in [1.54, 1.807) is 72.7 Å². The molecule has 0 fully saturated rings. The molecular weight excluding hydrogens is 310 g/mol. The summed E-state index contributed by atoms with van der Waals surface area (Å²) in [4.78, 5) is 37.9. The maximum absolute atomic E-state index is 12.7. The minimum Gasteiger partial charge on any atom is -0.443 e. The van der Waals surface area contributed by atoms with Gasteiger partial charge in [0, 0.05) is 5.56 Å². The Morgan fingerprint density at radius 3 is 1.62 bits per heavy atom. The van der Waals surface area contributed by atoms with Gasteiger partial charge in [0.15, 0.2) is 0 Å². The van der Waals surface area contributed by atoms with Crippen LogP contribution in [0.3, 0.4) is 0 Å². The first-order valence-corrected chi connectivity index (χ1v) is 7.68. The monoisotopic (exact) mass is 335 g/mol. The van der Waals surface area contributed by atoms with E-state index >= 15 is 0 Å². The highest BCUT2D eigenvalue weighted by molar-refractivity contribution is 6.13. The minimum absolute atomic E-state index is 0.231. The van der Waals surface area contributed by atoms with Gasteiger partial charge in [-0.25, -0.2) is 9.59 Å². The molecule has 24 heavy (non-hydrogen) atoms. The van der Waals surface area contributed by atoms with Gasteiger partial charge in [0.25, 0.3) is 5.91 Å². The first-order valence-electron chi connectivity index (χ1n) is 7.68. The Morgan fingerprint density at radius 2 is 1.25 bits per heavy atom. The van der Waals surface area contributed by atoms with E-state index in [-0.39, 0.29) is 5.56 Å². The second-order valence-electron chi connectivity index (χ2n) is 7.42. The van der Waals surface area contributed by atoms with E-state index in [9.17, 15) is 14.4 Å². The minimum atomic E-state index is -1.06. The lowest BCUT2D eigenvalue weighted by molar-refractivity contribution is 0.00397. The number of benzene rings is 1. The summed E-state index contributed by atoms with van der Waals surface area (Å²) in [5, 5.41) is 0. The van der Waals surface area contributed by atoms with E-state index in [4.69, 9.17) is 9.47 Å². The molecule has 0 unspecified atom stereocenters. The van der Waals surface area contributed by atoms with Crippen molar-refractivity contribution in [3.8, 4) is 0 Å². The number of carbonyl (C=O) groups is 3. The van der Waals surface area contributed by atoms with Crippen LogP contribution in [0.4, 0.5) is 9.59 Å². The molecule has 0 bridgehead atoms. The topological polar surface area (TPSA) is 72.9 Å². The predicted molar refractivity (Wildman–Crippen MR) is 89.8 cm³/mol. The lowest BCUT2D eigenvalue weighted by Gasteiger charge is -2.27. The SMILES string of the molecule is Cc1ccccc1C(=O)N(C(=O)OC(C)(C)C)C(=O)OC(C)(C)C. The zero-order valence-electron chi connectivity index (χ0n) is 15.3. The summed E-state index contributed by atoms with van der Waals surface area (Å²) in [6.07, 6.45) is -2.13. The number of hydrogen-bond donors (Lipinski definition) is 0. The van der Waals surface area contributed by atoms with E-state index in [1.807, 2.05) is 0 Å². The molecule has 0 saturated heterocycles. The predicted octanol–water partition coefficient (Wildman–Crippen LogP) is 4.31. The van der Waals surface area contributed by atoms with E-state index in [0.717, 1.165) is 0 Å². The molecule has 0 atom stereocenters. The Balaban J connectivity index is 3.23. The Morgan fingerprint density at radius 1 is 0.833 bits per heavy atom. The fourth-order valence-corrected chi connectivity index (χ4v) is 1.79. The van der Waals surface area contributed by atoms with Gasteiger partial charge in [-0.1, -0.05) is 18.2 Å². The zero-order valence-corrected chi connectivity index (χ0v) is 15.3. The van der Waals surface area contributed by atoms with Crippen LogP contribution in [0.15, 0.2) is 24.3 Å². The van der Waals surface area contributed by atoms with E-state index in [0.29, 0.717) is 10.5 Å². The molecule has 1 aromatic carbocycles. The number of carbonyl (C=O) groups excluding carboxylic acids is 3. The number of aryl methyl sites for hydroxylation is 1. The molecule has 132 valence electrons. The highest BCUT2D eigenvalue weighted by atomic mass is 16.6. The van der Waals surface area contributed by atoms with Crippen LogP contribution in [0.1, 0.15) is 57.5 Å². The van der Waals surface area contributed by atoms with Crippen molar-refractivity contribution in [3.63, 3.8) is 0 Å². The fourth-order valence-electron chi connectivity index (χ4n) is 1.79. The number of hydrogen-bond acceptors (Lipinski definition) is 5. The summed E-state index contributed by atoms with van der Waals surface area (Å²) in [6, 6.07) is 6.68. The quantitative estimate of drug-likeness (QED) is 0.764. The van der Waals surface area contributed by atoms with Gasteiger partial charge >= 0.3 is 12.2 Å². The molecule has 0 radical (unpaired) electrons. The number of nitrogens with zero attached hydrogens (tertiary/aromatic N) is 1. The molecule has 0 aliphatic rings. The van der Waals surface area contributed by atoms with Crippen molar-refractivity contribution in [1.82, 2.24) is 4.90 Å². The molecule has 0 spiro atoms. The van der Waals surface area contributed by atoms with Gasteiger partial charge in [-0.2, -0.15) is 0 Å². The Kier molecular flexibility index (Phi) is 5.76. The molecule has 1 aromatic rings. The van der Waals surface area contributed by atoms with Crippen molar-refractivity contribution < 1.29 is 23.9 Å². The number of ether oxygens (including phenoxy) is 2. The van der Waals surface area contributed by atoms with Gasteiger partial charge < -0.3 is 9.47 Å². The maximum atomic E-state index is 12.7. The van der Waals surface area contributed by atoms with Crippen molar-refractivity contribution in [2.24, 2.45) is 0 Å². The van der Waals surface area contributed by atoms with E-state index < -0.39 is 29.3 Å². The first kappa shape index (κ1) is 19.7. The fraction of sp³-hybridized carbons (Fsp3) is 0.500. The van der Waals surface area contributed by atoms with Crippen LogP contribution in [-0.2, 0) is 9.47 Å². The number of amides is 3. The Bertz CT molecular complexity index is 610. The van der Waals surface area contributed by atoms with Crippen LogP contribution in [0.25, 0.3) is 0 Å². The standard InChI is InChI=1S/C18H25NO5/c1-12-10-8-9-11-13(12)14(20)19(15(21)23-17(2,3)4)16(22)24-18(5,6)7/h8-11H,1-7H3. The lowest BCUT2D eigenvalue weighted by atomic mass is 10.1. The van der Waals surface area contributed by atoms with Gasteiger partial charge in [0.1, 0.15) is 11.2 Å². The Hall–Kier alpha value is -2.37. The molecule has 0 heterocycles. The first-order chi connectivity index (χ1) is 10.8. The number of imide groups is 3. The van der Waals surface area contributed by atoms with Crippen molar-refractivity contribution in [1.29, 1.82) is 0 Å². The normalized spacial score (nSPS) is 11.6. The van der Waals surface area contributed by atoms with Gasteiger partial charge in [0.2, 0.25) is 0 Å². The van der Waals surface area contributed by atoms with Crippen LogP contribution < -0.4 is 0 Å². The molecule has 1 rings (SSSR count). The van der Waals surface area contributed by atoms with Gasteiger partial charge in [0.05, 0.1) is 0 Å². The lowest BCUT2D eigenvalue weighted by Crippen LogP contribution is -2.47. The molecule has 0 N–H and O–H groups in total. The largest absolute Gasteiger partial charge is 0.443 e. The highest BCUT2D eigenvalue weighted by Crippen LogP contribution is 2.18. The van der Waals surface area contributed by atoms with E-state index in [1.165, 1.54) is 0 Å². The average Bonchev–Trinajstić information content (AvgIpc) is 2.34. The van der Waals surface area contributed by atoms with Crippen LogP contribution in [0, 0.1) is 6.92 Å². The van der Waals surface area contributed by atoms with E-state index in [2.05, 4.69) is 0 Å². The van der Waals surface area contributed by atoms with Crippen molar-refractivity contribution in [2.45, 2.75) is 59.7 Å². The summed E-state index contributed by atoms with van der Waals surface area (Å²) < 4.78 is 10.4. The smallest absolute Gasteiger partial charge is 0.427 e. The van der Waals surface area contributed by atoms with Crippen molar-refractivity contribution >= 4 is 18.1 Å². The Labute approximate surface area is 142 Å². The van der Waals surface area contributed by atoms with Gasteiger partial charge in [-0.05, 0) is 60.1 Å². The average molecular weight is 335 g/mol. The molecule has 0 saturated carbocycles. The second kappa shape index (κ2) is 7.03. The second-order valence-corrected chi connectivity index (χ2v) is 7.42.